The molecule has 0 aromatic heterocycles. The number of rotatable bonds is 44. The molecule has 0 aliphatic carbocycles. The molecule has 0 saturated carbocycles. The molecule has 332 valence electrons. The van der Waals surface area contributed by atoms with E-state index in [4.69, 9.17) is 14.2 Å². The molecule has 0 spiro atoms. The lowest BCUT2D eigenvalue weighted by Crippen LogP contribution is -2.30. The lowest BCUT2D eigenvalue weighted by atomic mass is 10.1. The highest BCUT2D eigenvalue weighted by Crippen LogP contribution is 2.15. The van der Waals surface area contributed by atoms with Crippen LogP contribution in [0, 0.1) is 0 Å². The molecule has 57 heavy (non-hydrogen) atoms. The molecular formula is C51H92O6. The quantitative estimate of drug-likeness (QED) is 0.0264. The van der Waals surface area contributed by atoms with Crippen LogP contribution in [0.1, 0.15) is 252 Å². The van der Waals surface area contributed by atoms with Crippen LogP contribution < -0.4 is 0 Å². The van der Waals surface area contributed by atoms with Gasteiger partial charge in [-0.15, -0.1) is 0 Å². The molecule has 0 N–H and O–H groups in total. The van der Waals surface area contributed by atoms with E-state index in [-0.39, 0.29) is 31.1 Å². The van der Waals surface area contributed by atoms with Crippen LogP contribution in [0.4, 0.5) is 0 Å². The van der Waals surface area contributed by atoms with Gasteiger partial charge in [0.15, 0.2) is 6.10 Å². The van der Waals surface area contributed by atoms with Crippen LogP contribution in [0.5, 0.6) is 0 Å². The fraction of sp³-hybridized carbons (Fsp3) is 0.824. The minimum atomic E-state index is -0.773. The lowest BCUT2D eigenvalue weighted by Gasteiger charge is -2.18. The number of hydrogen-bond acceptors (Lipinski definition) is 6. The second kappa shape index (κ2) is 46.3. The van der Waals surface area contributed by atoms with Gasteiger partial charge >= 0.3 is 17.9 Å². The number of hydrogen-bond donors (Lipinski definition) is 0. The van der Waals surface area contributed by atoms with E-state index in [1.165, 1.54) is 135 Å². The molecule has 1 unspecified atom stereocenters. The molecule has 6 nitrogen and oxygen atoms in total. The zero-order valence-corrected chi connectivity index (χ0v) is 37.9. The summed E-state index contributed by atoms with van der Waals surface area (Å²) >= 11 is 0. The first kappa shape index (κ1) is 54.6. The molecule has 0 saturated heterocycles. The predicted molar refractivity (Wildman–Crippen MR) is 242 cm³/mol. The third-order valence-electron chi connectivity index (χ3n) is 10.7. The molecule has 0 aromatic carbocycles. The molecule has 0 radical (unpaired) electrons. The lowest BCUT2D eigenvalue weighted by molar-refractivity contribution is -0.167. The summed E-state index contributed by atoms with van der Waals surface area (Å²) in [7, 11) is 0. The fourth-order valence-electron chi connectivity index (χ4n) is 6.97. The molecule has 6 heteroatoms. The van der Waals surface area contributed by atoms with E-state index in [9.17, 15) is 14.4 Å². The van der Waals surface area contributed by atoms with Gasteiger partial charge in [-0.3, -0.25) is 14.4 Å². The Kier molecular flexibility index (Phi) is 44.4. The Balaban J connectivity index is 4.35. The first-order valence-electron chi connectivity index (χ1n) is 24.5. The number of allylic oxidation sites excluding steroid dienone is 6. The maximum absolute atomic E-state index is 12.7. The Labute approximate surface area is 353 Å². The van der Waals surface area contributed by atoms with E-state index >= 15 is 0 Å². The van der Waals surface area contributed by atoms with Crippen molar-refractivity contribution in [2.75, 3.05) is 13.2 Å². The van der Waals surface area contributed by atoms with E-state index in [1.807, 2.05) is 0 Å². The van der Waals surface area contributed by atoms with Crippen LogP contribution in [-0.2, 0) is 28.6 Å². The van der Waals surface area contributed by atoms with Gasteiger partial charge in [0.1, 0.15) is 13.2 Å². The van der Waals surface area contributed by atoms with Gasteiger partial charge in [0.2, 0.25) is 0 Å². The number of carbonyl (C=O) groups is 3. The van der Waals surface area contributed by atoms with E-state index in [0.717, 1.165) is 77.0 Å². The maximum Gasteiger partial charge on any atom is 0.306 e. The molecule has 0 rings (SSSR count). The summed E-state index contributed by atoms with van der Waals surface area (Å²) < 4.78 is 16.7. The minimum absolute atomic E-state index is 0.0754. The molecule has 1 atom stereocenters. The zero-order chi connectivity index (χ0) is 41.5. The van der Waals surface area contributed by atoms with Crippen molar-refractivity contribution >= 4 is 17.9 Å². The van der Waals surface area contributed by atoms with Gasteiger partial charge in [0, 0.05) is 19.3 Å². The Morgan fingerprint density at radius 3 is 0.965 bits per heavy atom. The van der Waals surface area contributed by atoms with Crippen molar-refractivity contribution in [1.29, 1.82) is 0 Å². The number of esters is 3. The van der Waals surface area contributed by atoms with Crippen LogP contribution in [0.2, 0.25) is 0 Å². The van der Waals surface area contributed by atoms with Crippen LogP contribution in [0.15, 0.2) is 36.5 Å². The van der Waals surface area contributed by atoms with E-state index in [2.05, 4.69) is 57.2 Å². The zero-order valence-electron chi connectivity index (χ0n) is 37.9. The average molecular weight is 801 g/mol. The average Bonchev–Trinajstić information content (AvgIpc) is 3.21. The Morgan fingerprint density at radius 1 is 0.351 bits per heavy atom. The van der Waals surface area contributed by atoms with Gasteiger partial charge in [-0.2, -0.15) is 0 Å². The van der Waals surface area contributed by atoms with Crippen molar-refractivity contribution in [3.63, 3.8) is 0 Å². The van der Waals surface area contributed by atoms with Gasteiger partial charge in [-0.1, -0.05) is 224 Å². The highest BCUT2D eigenvalue weighted by molar-refractivity contribution is 5.71. The minimum Gasteiger partial charge on any atom is -0.462 e. The Bertz CT molecular complexity index is 969. The molecule has 0 aromatic rings. The summed E-state index contributed by atoms with van der Waals surface area (Å²) in [5.74, 6) is -0.891. The summed E-state index contributed by atoms with van der Waals surface area (Å²) in [6.45, 7) is 6.59. The topological polar surface area (TPSA) is 78.9 Å². The summed E-state index contributed by atoms with van der Waals surface area (Å²) in [5, 5.41) is 0. The summed E-state index contributed by atoms with van der Waals surface area (Å²) in [6.07, 6.45) is 52.6. The second-order valence-electron chi connectivity index (χ2n) is 16.4. The van der Waals surface area contributed by atoms with Gasteiger partial charge in [0.25, 0.3) is 0 Å². The second-order valence-corrected chi connectivity index (χ2v) is 16.4. The Hall–Kier alpha value is -2.37. The van der Waals surface area contributed by atoms with Gasteiger partial charge < -0.3 is 14.2 Å². The molecule has 0 amide bonds. The first-order valence-corrected chi connectivity index (χ1v) is 24.5. The third-order valence-corrected chi connectivity index (χ3v) is 10.7. The van der Waals surface area contributed by atoms with Crippen molar-refractivity contribution in [2.24, 2.45) is 0 Å². The molecular weight excluding hydrogens is 709 g/mol. The normalized spacial score (nSPS) is 12.3. The molecule has 0 fully saturated rings. The van der Waals surface area contributed by atoms with Crippen molar-refractivity contribution in [3.05, 3.63) is 36.5 Å². The standard InChI is InChI=1S/C51H92O6/c1-4-7-10-13-16-19-22-23-24-25-26-27-28-30-32-35-38-41-44-50(53)56-47-48(46-55-49(52)43-40-37-34-31-21-18-15-12-9-6-3)57-51(54)45-42-39-36-33-29-20-17-14-11-8-5-2/h22-27,48H,4-21,28-47H2,1-3H3/b23-22-,25-24-,27-26-. The van der Waals surface area contributed by atoms with Crippen LogP contribution >= 0.6 is 0 Å². The van der Waals surface area contributed by atoms with E-state index < -0.39 is 6.10 Å². The predicted octanol–water partition coefficient (Wildman–Crippen LogP) is 15.8. The van der Waals surface area contributed by atoms with Crippen LogP contribution in [0.25, 0.3) is 0 Å². The van der Waals surface area contributed by atoms with Crippen molar-refractivity contribution in [3.8, 4) is 0 Å². The van der Waals surface area contributed by atoms with Gasteiger partial charge in [-0.05, 0) is 44.9 Å². The highest BCUT2D eigenvalue weighted by atomic mass is 16.6. The highest BCUT2D eigenvalue weighted by Gasteiger charge is 2.19. The van der Waals surface area contributed by atoms with Crippen molar-refractivity contribution in [2.45, 2.75) is 258 Å². The maximum atomic E-state index is 12.7. The monoisotopic (exact) mass is 801 g/mol. The van der Waals surface area contributed by atoms with E-state index in [1.54, 1.807) is 0 Å². The van der Waals surface area contributed by atoms with Crippen LogP contribution in [0.3, 0.4) is 0 Å². The van der Waals surface area contributed by atoms with Gasteiger partial charge in [-0.25, -0.2) is 0 Å². The fourth-order valence-corrected chi connectivity index (χ4v) is 6.97. The molecule has 0 bridgehead atoms. The molecule has 0 heterocycles. The van der Waals surface area contributed by atoms with E-state index in [0.29, 0.717) is 19.3 Å². The van der Waals surface area contributed by atoms with Crippen LogP contribution in [-0.4, -0.2) is 37.2 Å². The summed E-state index contributed by atoms with van der Waals surface area (Å²) in [5.41, 5.74) is 0. The first-order chi connectivity index (χ1) is 28.0. The summed E-state index contributed by atoms with van der Waals surface area (Å²) in [4.78, 5) is 37.8. The van der Waals surface area contributed by atoms with Gasteiger partial charge in [0.05, 0.1) is 0 Å². The number of unbranched alkanes of at least 4 members (excludes halogenated alkanes) is 29. The smallest absolute Gasteiger partial charge is 0.306 e. The van der Waals surface area contributed by atoms with Crippen molar-refractivity contribution in [1.82, 2.24) is 0 Å². The molecule has 0 aliphatic heterocycles. The number of ether oxygens (including phenoxy) is 3. The number of carbonyl (C=O) groups excluding carboxylic acids is 3. The summed E-state index contributed by atoms with van der Waals surface area (Å²) in [6, 6.07) is 0. The van der Waals surface area contributed by atoms with Crippen molar-refractivity contribution < 1.29 is 28.6 Å². The third kappa shape index (κ3) is 44.6. The largest absolute Gasteiger partial charge is 0.462 e. The SMILES string of the molecule is CCCCCCC\C=C/C=C\C=C/CCCCCCCC(=O)OCC(COC(=O)CCCCCCCCCCCC)OC(=O)CCCCCCCCCCCCC. The molecule has 0 aliphatic rings. The Morgan fingerprint density at radius 2 is 0.632 bits per heavy atom.